The van der Waals surface area contributed by atoms with Crippen molar-refractivity contribution in [2.24, 2.45) is 0 Å². The number of nitrogens with zero attached hydrogens (tertiary/aromatic N) is 2. The van der Waals surface area contributed by atoms with Crippen LogP contribution in [0.25, 0.3) is 5.69 Å². The van der Waals surface area contributed by atoms with E-state index in [-0.39, 0.29) is 5.82 Å². The van der Waals surface area contributed by atoms with E-state index in [0.717, 1.165) is 23.7 Å². The van der Waals surface area contributed by atoms with Crippen LogP contribution in [0.3, 0.4) is 0 Å². The number of hydrogen-bond acceptors (Lipinski definition) is 2. The summed E-state index contributed by atoms with van der Waals surface area (Å²) in [5.74, 6) is 0.624. The van der Waals surface area contributed by atoms with E-state index in [4.69, 9.17) is 0 Å². The number of hydrogen-bond donors (Lipinski definition) is 1. The normalized spacial score (nSPS) is 10.4. The second kappa shape index (κ2) is 4.35. The summed E-state index contributed by atoms with van der Waals surface area (Å²) >= 11 is 0. The molecule has 0 spiro atoms. The molecule has 0 radical (unpaired) electrons. The first-order valence-electron chi connectivity index (χ1n) is 5.27. The van der Waals surface area contributed by atoms with E-state index in [2.05, 4.69) is 10.4 Å². The van der Waals surface area contributed by atoms with Crippen molar-refractivity contribution in [3.63, 3.8) is 0 Å². The molecular weight excluding hydrogens is 205 g/mol. The van der Waals surface area contributed by atoms with Crippen molar-refractivity contribution in [2.75, 3.05) is 11.9 Å². The topological polar surface area (TPSA) is 29.9 Å². The monoisotopic (exact) mass is 219 g/mol. The van der Waals surface area contributed by atoms with Gasteiger partial charge in [-0.15, -0.1) is 0 Å². The van der Waals surface area contributed by atoms with Gasteiger partial charge in [-0.25, -0.2) is 9.07 Å². The molecule has 0 aliphatic carbocycles. The average Bonchev–Trinajstić information content (AvgIpc) is 2.60. The van der Waals surface area contributed by atoms with E-state index in [1.54, 1.807) is 10.7 Å². The lowest BCUT2D eigenvalue weighted by molar-refractivity contribution is 0.625. The van der Waals surface area contributed by atoms with Crippen molar-refractivity contribution >= 4 is 5.82 Å². The third kappa shape index (κ3) is 2.05. The molecule has 0 atom stereocenters. The quantitative estimate of drug-likeness (QED) is 0.860. The van der Waals surface area contributed by atoms with Gasteiger partial charge in [0.05, 0.1) is 11.4 Å². The third-order valence-corrected chi connectivity index (χ3v) is 2.24. The predicted octanol–water partition coefficient (Wildman–Crippen LogP) is 2.75. The van der Waals surface area contributed by atoms with Gasteiger partial charge >= 0.3 is 0 Å². The van der Waals surface area contributed by atoms with Crippen LogP contribution < -0.4 is 5.32 Å². The largest absolute Gasteiger partial charge is 0.370 e. The molecule has 2 rings (SSSR count). The summed E-state index contributed by atoms with van der Waals surface area (Å²) in [4.78, 5) is 0. The number of anilines is 1. The van der Waals surface area contributed by atoms with E-state index in [1.807, 2.05) is 26.0 Å². The molecule has 4 heteroatoms. The van der Waals surface area contributed by atoms with Crippen LogP contribution in [0.5, 0.6) is 0 Å². The molecule has 0 unspecified atom stereocenters. The lowest BCUT2D eigenvalue weighted by Crippen LogP contribution is -2.05. The Hall–Kier alpha value is -1.84. The Kier molecular flexibility index (Phi) is 2.90. The summed E-state index contributed by atoms with van der Waals surface area (Å²) in [5, 5.41) is 7.52. The van der Waals surface area contributed by atoms with E-state index >= 15 is 0 Å². The van der Waals surface area contributed by atoms with Crippen molar-refractivity contribution in [1.82, 2.24) is 9.78 Å². The Labute approximate surface area is 93.9 Å². The lowest BCUT2D eigenvalue weighted by Gasteiger charge is -2.07. The lowest BCUT2D eigenvalue weighted by atomic mass is 10.3. The van der Waals surface area contributed by atoms with E-state index in [1.165, 1.54) is 12.1 Å². The zero-order valence-corrected chi connectivity index (χ0v) is 9.37. The second-order valence-corrected chi connectivity index (χ2v) is 3.59. The van der Waals surface area contributed by atoms with Gasteiger partial charge in [-0.05, 0) is 32.0 Å². The Morgan fingerprint density at radius 1 is 1.38 bits per heavy atom. The van der Waals surface area contributed by atoms with Gasteiger partial charge in [-0.1, -0.05) is 6.07 Å². The number of benzene rings is 1. The molecule has 16 heavy (non-hydrogen) atoms. The highest BCUT2D eigenvalue weighted by Gasteiger charge is 2.06. The molecule has 0 aliphatic rings. The number of aromatic nitrogens is 2. The zero-order chi connectivity index (χ0) is 11.5. The van der Waals surface area contributed by atoms with Crippen LogP contribution in [0.4, 0.5) is 10.2 Å². The molecule has 0 amide bonds. The highest BCUT2D eigenvalue weighted by Crippen LogP contribution is 2.17. The molecule has 2 aromatic rings. The Bertz CT molecular complexity index is 491. The van der Waals surface area contributed by atoms with Gasteiger partial charge in [0.25, 0.3) is 0 Å². The SMILES string of the molecule is CCNc1cc(C)nn1-c1cccc(F)c1. The van der Waals surface area contributed by atoms with Crippen molar-refractivity contribution in [3.8, 4) is 5.69 Å². The Morgan fingerprint density at radius 3 is 2.88 bits per heavy atom. The molecule has 84 valence electrons. The van der Waals surface area contributed by atoms with E-state index < -0.39 is 0 Å². The fourth-order valence-electron chi connectivity index (χ4n) is 1.61. The van der Waals surface area contributed by atoms with Gasteiger partial charge in [-0.2, -0.15) is 5.10 Å². The molecule has 1 aromatic heterocycles. The molecule has 3 nitrogen and oxygen atoms in total. The van der Waals surface area contributed by atoms with E-state index in [9.17, 15) is 4.39 Å². The van der Waals surface area contributed by atoms with Crippen LogP contribution in [0.15, 0.2) is 30.3 Å². The molecule has 0 bridgehead atoms. The van der Waals surface area contributed by atoms with Crippen molar-refractivity contribution in [1.29, 1.82) is 0 Å². The van der Waals surface area contributed by atoms with Crippen molar-refractivity contribution < 1.29 is 4.39 Å². The van der Waals surface area contributed by atoms with Gasteiger partial charge in [0.1, 0.15) is 11.6 Å². The molecule has 0 saturated carbocycles. The summed E-state index contributed by atoms with van der Waals surface area (Å²) < 4.78 is 14.8. The first-order valence-corrected chi connectivity index (χ1v) is 5.27. The van der Waals surface area contributed by atoms with Crippen molar-refractivity contribution in [2.45, 2.75) is 13.8 Å². The molecule has 1 aromatic carbocycles. The summed E-state index contributed by atoms with van der Waals surface area (Å²) in [6.45, 7) is 4.73. The fraction of sp³-hybridized carbons (Fsp3) is 0.250. The molecule has 0 fully saturated rings. The minimum atomic E-state index is -0.256. The van der Waals surface area contributed by atoms with Gasteiger partial charge in [-0.3, -0.25) is 0 Å². The standard InChI is InChI=1S/C12H14FN3/c1-3-14-12-7-9(2)15-16(12)11-6-4-5-10(13)8-11/h4-8,14H,3H2,1-2H3. The van der Waals surface area contributed by atoms with Crippen LogP contribution in [0.1, 0.15) is 12.6 Å². The van der Waals surface area contributed by atoms with E-state index in [0.29, 0.717) is 0 Å². The summed E-state index contributed by atoms with van der Waals surface area (Å²) in [6.07, 6.45) is 0. The van der Waals surface area contributed by atoms with Crippen LogP contribution in [0, 0.1) is 12.7 Å². The van der Waals surface area contributed by atoms with Crippen LogP contribution in [-0.2, 0) is 0 Å². The number of aryl methyl sites for hydroxylation is 1. The Balaban J connectivity index is 2.46. The number of rotatable bonds is 3. The number of nitrogens with one attached hydrogen (secondary N) is 1. The average molecular weight is 219 g/mol. The molecule has 1 heterocycles. The predicted molar refractivity (Wildman–Crippen MR) is 62.4 cm³/mol. The van der Waals surface area contributed by atoms with Crippen LogP contribution >= 0.6 is 0 Å². The van der Waals surface area contributed by atoms with Gasteiger partial charge in [0, 0.05) is 12.6 Å². The molecule has 0 saturated heterocycles. The summed E-state index contributed by atoms with van der Waals surface area (Å²) in [7, 11) is 0. The highest BCUT2D eigenvalue weighted by atomic mass is 19.1. The van der Waals surface area contributed by atoms with Crippen LogP contribution in [-0.4, -0.2) is 16.3 Å². The second-order valence-electron chi connectivity index (χ2n) is 3.59. The highest BCUT2D eigenvalue weighted by molar-refractivity contribution is 5.46. The van der Waals surface area contributed by atoms with Crippen LogP contribution in [0.2, 0.25) is 0 Å². The molecule has 0 aliphatic heterocycles. The minimum absolute atomic E-state index is 0.256. The number of halogens is 1. The molecule has 1 N–H and O–H groups in total. The zero-order valence-electron chi connectivity index (χ0n) is 9.37. The summed E-state index contributed by atoms with van der Waals surface area (Å²) in [6, 6.07) is 8.34. The maximum atomic E-state index is 13.1. The third-order valence-electron chi connectivity index (χ3n) is 2.24. The maximum absolute atomic E-state index is 13.1. The summed E-state index contributed by atoms with van der Waals surface area (Å²) in [5.41, 5.74) is 1.63. The molecular formula is C12H14FN3. The smallest absolute Gasteiger partial charge is 0.130 e. The van der Waals surface area contributed by atoms with Gasteiger partial charge in [0.2, 0.25) is 0 Å². The van der Waals surface area contributed by atoms with Gasteiger partial charge in [0.15, 0.2) is 0 Å². The van der Waals surface area contributed by atoms with Gasteiger partial charge < -0.3 is 5.32 Å². The Morgan fingerprint density at radius 2 is 2.19 bits per heavy atom. The first kappa shape index (κ1) is 10.7. The minimum Gasteiger partial charge on any atom is -0.370 e. The first-order chi connectivity index (χ1) is 7.70. The fourth-order valence-corrected chi connectivity index (χ4v) is 1.61. The van der Waals surface area contributed by atoms with Crippen molar-refractivity contribution in [3.05, 3.63) is 41.8 Å². The maximum Gasteiger partial charge on any atom is 0.130 e.